The molecule has 1 aromatic rings. The van der Waals surface area contributed by atoms with Gasteiger partial charge in [-0.3, -0.25) is 0 Å². The Bertz CT molecular complexity index is 386. The Hall–Kier alpha value is -1.20. The lowest BCUT2D eigenvalue weighted by Crippen LogP contribution is -2.24. The van der Waals surface area contributed by atoms with E-state index in [0.29, 0.717) is 24.8 Å². The lowest BCUT2D eigenvalue weighted by Gasteiger charge is -2.17. The fourth-order valence-electron chi connectivity index (χ4n) is 1.74. The van der Waals surface area contributed by atoms with Gasteiger partial charge in [-0.05, 0) is 31.0 Å². The first-order valence-corrected chi connectivity index (χ1v) is 6.61. The summed E-state index contributed by atoms with van der Waals surface area (Å²) in [5.74, 6) is 1.40. The smallest absolute Gasteiger partial charge is 0.398 e. The molecule has 1 radical (unpaired) electrons. The van der Waals surface area contributed by atoms with E-state index in [1.807, 2.05) is 30.1 Å². The minimum atomic E-state index is 0.631. The SMILES string of the molecule is CO[B]N(C)Cc1cccc(OCCC(C)C)c1N. The van der Waals surface area contributed by atoms with Crippen molar-refractivity contribution in [1.29, 1.82) is 0 Å². The van der Waals surface area contributed by atoms with Gasteiger partial charge >= 0.3 is 7.62 Å². The number of nitrogens with zero attached hydrogens (tertiary/aromatic N) is 1. The van der Waals surface area contributed by atoms with Gasteiger partial charge < -0.3 is 19.9 Å². The van der Waals surface area contributed by atoms with Gasteiger partial charge in [-0.25, -0.2) is 0 Å². The Labute approximate surface area is 117 Å². The average molecular weight is 263 g/mol. The van der Waals surface area contributed by atoms with Crippen LogP contribution in [0, 0.1) is 5.92 Å². The Balaban J connectivity index is 2.63. The van der Waals surface area contributed by atoms with Crippen molar-refractivity contribution in [2.45, 2.75) is 26.8 Å². The third-order valence-corrected chi connectivity index (χ3v) is 2.81. The molecule has 0 fully saturated rings. The van der Waals surface area contributed by atoms with E-state index in [4.69, 9.17) is 15.1 Å². The first-order valence-electron chi connectivity index (χ1n) is 6.61. The van der Waals surface area contributed by atoms with Crippen LogP contribution in [0.5, 0.6) is 5.75 Å². The number of anilines is 1. The molecule has 1 aromatic carbocycles. The predicted octanol–water partition coefficient (Wildman–Crippen LogP) is 2.31. The zero-order valence-electron chi connectivity index (χ0n) is 12.3. The van der Waals surface area contributed by atoms with Gasteiger partial charge in [0.1, 0.15) is 5.75 Å². The van der Waals surface area contributed by atoms with Crippen molar-refractivity contribution in [3.63, 3.8) is 0 Å². The molecule has 0 aliphatic carbocycles. The van der Waals surface area contributed by atoms with Gasteiger partial charge in [0.05, 0.1) is 12.3 Å². The van der Waals surface area contributed by atoms with Crippen LogP contribution >= 0.6 is 0 Å². The maximum atomic E-state index is 6.14. The third-order valence-electron chi connectivity index (χ3n) is 2.81. The van der Waals surface area contributed by atoms with Crippen molar-refractivity contribution in [1.82, 2.24) is 4.81 Å². The third kappa shape index (κ3) is 5.53. The van der Waals surface area contributed by atoms with E-state index < -0.39 is 0 Å². The summed E-state index contributed by atoms with van der Waals surface area (Å²) in [4.78, 5) is 1.93. The Morgan fingerprint density at radius 3 is 2.74 bits per heavy atom. The van der Waals surface area contributed by atoms with E-state index in [9.17, 15) is 0 Å². The van der Waals surface area contributed by atoms with Crippen LogP contribution in [0.3, 0.4) is 0 Å². The molecule has 0 heterocycles. The number of hydrogen-bond acceptors (Lipinski definition) is 4. The Kier molecular flexibility index (Phi) is 6.74. The van der Waals surface area contributed by atoms with Crippen LogP contribution in [0.4, 0.5) is 5.69 Å². The Morgan fingerprint density at radius 1 is 1.37 bits per heavy atom. The summed E-state index contributed by atoms with van der Waals surface area (Å²) in [5, 5.41) is 0. The molecule has 0 bridgehead atoms. The highest BCUT2D eigenvalue weighted by Gasteiger charge is 2.09. The van der Waals surface area contributed by atoms with Crippen LogP contribution in [-0.4, -0.2) is 33.2 Å². The monoisotopic (exact) mass is 263 g/mol. The van der Waals surface area contributed by atoms with Crippen molar-refractivity contribution in [3.8, 4) is 5.75 Å². The standard InChI is InChI=1S/C14H24BN2O2/c1-11(2)8-9-19-13-7-5-6-12(14(13)16)10-17(3)15-18-4/h5-7,11H,8-10,16H2,1-4H3. The molecule has 5 heteroatoms. The molecule has 0 aliphatic heterocycles. The number of ether oxygens (including phenoxy) is 1. The van der Waals surface area contributed by atoms with Crippen LogP contribution in [0.15, 0.2) is 18.2 Å². The fraction of sp³-hybridized carbons (Fsp3) is 0.571. The number of hydrogen-bond donors (Lipinski definition) is 1. The molecule has 0 aliphatic rings. The molecule has 2 N–H and O–H groups in total. The number of para-hydroxylation sites is 1. The summed E-state index contributed by atoms with van der Waals surface area (Å²) in [6.45, 7) is 5.75. The van der Waals surface area contributed by atoms with E-state index in [0.717, 1.165) is 17.7 Å². The lowest BCUT2D eigenvalue weighted by atomic mass is 10.1. The molecule has 0 aromatic heterocycles. The van der Waals surface area contributed by atoms with Crippen molar-refractivity contribution in [2.75, 3.05) is 26.5 Å². The molecular formula is C14H24BN2O2. The summed E-state index contributed by atoms with van der Waals surface area (Å²) in [7, 11) is 5.23. The van der Waals surface area contributed by atoms with E-state index in [-0.39, 0.29) is 0 Å². The zero-order chi connectivity index (χ0) is 14.3. The molecule has 0 saturated heterocycles. The highest BCUT2D eigenvalue weighted by molar-refractivity contribution is 6.23. The van der Waals surface area contributed by atoms with Gasteiger partial charge in [-0.1, -0.05) is 26.0 Å². The number of nitrogens with two attached hydrogens (primary N) is 1. The van der Waals surface area contributed by atoms with Crippen LogP contribution in [0.2, 0.25) is 0 Å². The molecule has 0 spiro atoms. The van der Waals surface area contributed by atoms with Crippen molar-refractivity contribution >= 4 is 13.3 Å². The molecule has 0 saturated carbocycles. The van der Waals surface area contributed by atoms with Crippen molar-refractivity contribution < 1.29 is 9.39 Å². The highest BCUT2D eigenvalue weighted by atomic mass is 16.5. The molecule has 0 atom stereocenters. The topological polar surface area (TPSA) is 47.7 Å². The normalized spacial score (nSPS) is 11.1. The fourth-order valence-corrected chi connectivity index (χ4v) is 1.74. The molecule has 0 unspecified atom stereocenters. The second-order valence-corrected chi connectivity index (χ2v) is 5.12. The summed E-state index contributed by atoms with van der Waals surface area (Å²) in [6.07, 6.45) is 1.03. The Morgan fingerprint density at radius 2 is 2.11 bits per heavy atom. The summed E-state index contributed by atoms with van der Waals surface area (Å²) >= 11 is 0. The summed E-state index contributed by atoms with van der Waals surface area (Å²) < 4.78 is 10.7. The van der Waals surface area contributed by atoms with E-state index in [1.54, 1.807) is 14.7 Å². The minimum Gasteiger partial charge on any atom is -0.491 e. The van der Waals surface area contributed by atoms with Crippen molar-refractivity contribution in [2.24, 2.45) is 5.92 Å². The molecule has 19 heavy (non-hydrogen) atoms. The minimum absolute atomic E-state index is 0.631. The van der Waals surface area contributed by atoms with Gasteiger partial charge in [0.15, 0.2) is 0 Å². The van der Waals surface area contributed by atoms with E-state index in [2.05, 4.69) is 13.8 Å². The van der Waals surface area contributed by atoms with Gasteiger partial charge in [-0.2, -0.15) is 0 Å². The number of nitrogen functional groups attached to an aromatic ring is 1. The van der Waals surface area contributed by atoms with Gasteiger partial charge in [0, 0.05) is 13.7 Å². The van der Waals surface area contributed by atoms with Crippen molar-refractivity contribution in [3.05, 3.63) is 23.8 Å². The number of benzene rings is 1. The molecule has 4 nitrogen and oxygen atoms in total. The summed E-state index contributed by atoms with van der Waals surface area (Å²) in [5.41, 5.74) is 7.89. The molecule has 105 valence electrons. The first-order chi connectivity index (χ1) is 9.04. The maximum absolute atomic E-state index is 6.14. The van der Waals surface area contributed by atoms with Gasteiger partial charge in [0.25, 0.3) is 0 Å². The highest BCUT2D eigenvalue weighted by Crippen LogP contribution is 2.26. The molecule has 0 amide bonds. The quantitative estimate of drug-likeness (QED) is 0.577. The second-order valence-electron chi connectivity index (χ2n) is 5.12. The van der Waals surface area contributed by atoms with E-state index in [1.165, 1.54) is 0 Å². The van der Waals surface area contributed by atoms with E-state index >= 15 is 0 Å². The van der Waals surface area contributed by atoms with Crippen LogP contribution in [0.1, 0.15) is 25.8 Å². The average Bonchev–Trinajstić information content (AvgIpc) is 2.33. The van der Waals surface area contributed by atoms with Crippen LogP contribution < -0.4 is 10.5 Å². The summed E-state index contributed by atoms with van der Waals surface area (Å²) in [6, 6.07) is 5.89. The molecule has 1 rings (SSSR count). The van der Waals surface area contributed by atoms with Gasteiger partial charge in [-0.15, -0.1) is 0 Å². The van der Waals surface area contributed by atoms with Crippen LogP contribution in [0.25, 0.3) is 0 Å². The van der Waals surface area contributed by atoms with Crippen LogP contribution in [-0.2, 0) is 11.2 Å². The zero-order valence-corrected chi connectivity index (χ0v) is 12.3. The maximum Gasteiger partial charge on any atom is 0.398 e. The number of rotatable bonds is 8. The van der Waals surface area contributed by atoms with Gasteiger partial charge in [0.2, 0.25) is 0 Å². The predicted molar refractivity (Wildman–Crippen MR) is 80.0 cm³/mol. The first kappa shape index (κ1) is 15.9. The largest absolute Gasteiger partial charge is 0.491 e. The molecular weight excluding hydrogens is 239 g/mol. The lowest BCUT2D eigenvalue weighted by molar-refractivity contribution is 0.290. The second kappa shape index (κ2) is 8.07.